The van der Waals surface area contributed by atoms with E-state index in [2.05, 4.69) is 10.2 Å². The summed E-state index contributed by atoms with van der Waals surface area (Å²) in [6.07, 6.45) is -5.62. The standard InChI is InChI=1S/C24H24F6N2O/c25-23(26,27)17-9-10-18(19(15-17)24(28,29)30)21(33)31-20(16-7-2-1-3-8-16)22(11-4-5-12-22)32-13-6-14-32/h1-3,7-10,15,20H,4-6,11-14H2,(H,31,33). The number of hydrogen-bond donors (Lipinski definition) is 1. The zero-order valence-electron chi connectivity index (χ0n) is 17.8. The van der Waals surface area contributed by atoms with Crippen molar-refractivity contribution in [2.24, 2.45) is 0 Å². The van der Waals surface area contributed by atoms with Crippen molar-refractivity contribution < 1.29 is 31.1 Å². The van der Waals surface area contributed by atoms with Crippen LogP contribution in [-0.2, 0) is 12.4 Å². The summed E-state index contributed by atoms with van der Waals surface area (Å²) in [6.45, 7) is 1.68. The summed E-state index contributed by atoms with van der Waals surface area (Å²) in [4.78, 5) is 15.4. The van der Waals surface area contributed by atoms with Gasteiger partial charge in [-0.3, -0.25) is 9.69 Å². The SMILES string of the molecule is O=C(NC(c1ccccc1)C1(N2CCC2)CCCC1)c1ccc(C(F)(F)F)cc1C(F)(F)F. The van der Waals surface area contributed by atoms with Crippen LogP contribution >= 0.6 is 0 Å². The number of carbonyl (C=O) groups excluding carboxylic acids is 1. The highest BCUT2D eigenvalue weighted by Gasteiger charge is 2.49. The van der Waals surface area contributed by atoms with Crippen molar-refractivity contribution in [2.45, 2.75) is 56.0 Å². The van der Waals surface area contributed by atoms with E-state index in [1.54, 1.807) is 12.1 Å². The molecule has 1 N–H and O–H groups in total. The number of hydrogen-bond acceptors (Lipinski definition) is 2. The number of nitrogens with zero attached hydrogens (tertiary/aromatic N) is 1. The molecule has 0 spiro atoms. The fourth-order valence-electron chi connectivity index (χ4n) is 5.07. The van der Waals surface area contributed by atoms with Gasteiger partial charge in [0.15, 0.2) is 0 Å². The van der Waals surface area contributed by atoms with Crippen LogP contribution in [0.15, 0.2) is 48.5 Å². The van der Waals surface area contributed by atoms with Crippen LogP contribution in [-0.4, -0.2) is 29.4 Å². The number of nitrogens with one attached hydrogen (secondary N) is 1. The van der Waals surface area contributed by atoms with Gasteiger partial charge in [0.1, 0.15) is 0 Å². The van der Waals surface area contributed by atoms with Crippen LogP contribution in [0.2, 0.25) is 0 Å². The average Bonchev–Trinajstić information content (AvgIpc) is 3.19. The molecule has 3 nitrogen and oxygen atoms in total. The lowest BCUT2D eigenvalue weighted by molar-refractivity contribution is -0.143. The molecule has 1 aliphatic carbocycles. The molecule has 2 fully saturated rings. The number of alkyl halides is 6. The Hall–Kier alpha value is -2.55. The second-order valence-electron chi connectivity index (χ2n) is 8.72. The van der Waals surface area contributed by atoms with E-state index in [9.17, 15) is 31.1 Å². The van der Waals surface area contributed by atoms with Crippen molar-refractivity contribution in [3.8, 4) is 0 Å². The number of rotatable bonds is 5. The van der Waals surface area contributed by atoms with Crippen LogP contribution in [0.1, 0.15) is 65.2 Å². The summed E-state index contributed by atoms with van der Waals surface area (Å²) in [5, 5.41) is 2.79. The van der Waals surface area contributed by atoms with Gasteiger partial charge in [-0.05, 0) is 43.0 Å². The Morgan fingerprint density at radius 3 is 2.03 bits per heavy atom. The molecule has 0 radical (unpaired) electrons. The maximum Gasteiger partial charge on any atom is 0.417 e. The lowest BCUT2D eigenvalue weighted by atomic mass is 9.79. The van der Waals surface area contributed by atoms with Crippen LogP contribution in [0.4, 0.5) is 26.3 Å². The minimum Gasteiger partial charge on any atom is -0.343 e. The first-order chi connectivity index (χ1) is 15.5. The van der Waals surface area contributed by atoms with Gasteiger partial charge in [-0.2, -0.15) is 26.3 Å². The molecule has 2 aromatic carbocycles. The molecule has 33 heavy (non-hydrogen) atoms. The topological polar surface area (TPSA) is 32.3 Å². The maximum atomic E-state index is 13.6. The zero-order chi connectivity index (χ0) is 23.9. The minimum atomic E-state index is -5.11. The molecule has 1 aliphatic heterocycles. The number of halogens is 6. The van der Waals surface area contributed by atoms with E-state index in [1.807, 2.05) is 18.2 Å². The molecule has 9 heteroatoms. The molecule has 2 aliphatic rings. The van der Waals surface area contributed by atoms with E-state index < -0.39 is 46.5 Å². The van der Waals surface area contributed by atoms with Gasteiger partial charge in [-0.15, -0.1) is 0 Å². The zero-order valence-corrected chi connectivity index (χ0v) is 17.8. The van der Waals surface area contributed by atoms with Crippen LogP contribution in [0.5, 0.6) is 0 Å². The minimum absolute atomic E-state index is 0.00715. The lowest BCUT2D eigenvalue weighted by Crippen LogP contribution is -2.60. The largest absolute Gasteiger partial charge is 0.417 e. The molecular formula is C24H24F6N2O. The van der Waals surface area contributed by atoms with Crippen molar-refractivity contribution >= 4 is 5.91 Å². The lowest BCUT2D eigenvalue weighted by Gasteiger charge is -2.51. The quantitative estimate of drug-likeness (QED) is 0.527. The Labute approximate surface area is 187 Å². The molecule has 0 aromatic heterocycles. The Kier molecular flexibility index (Phi) is 6.20. The van der Waals surface area contributed by atoms with Crippen LogP contribution < -0.4 is 5.32 Å². The first-order valence-electron chi connectivity index (χ1n) is 10.9. The van der Waals surface area contributed by atoms with Gasteiger partial charge in [0.2, 0.25) is 0 Å². The molecule has 0 bridgehead atoms. The van der Waals surface area contributed by atoms with E-state index >= 15 is 0 Å². The van der Waals surface area contributed by atoms with Gasteiger partial charge in [0, 0.05) is 18.6 Å². The summed E-state index contributed by atoms with van der Waals surface area (Å²) in [5.74, 6) is -1.03. The van der Waals surface area contributed by atoms with Gasteiger partial charge in [-0.25, -0.2) is 0 Å². The third kappa shape index (κ3) is 4.60. The van der Waals surface area contributed by atoms with E-state index in [0.717, 1.165) is 50.8 Å². The smallest absolute Gasteiger partial charge is 0.343 e. The number of likely N-dealkylation sites (tertiary alicyclic amines) is 1. The van der Waals surface area contributed by atoms with Crippen molar-refractivity contribution in [1.29, 1.82) is 0 Å². The monoisotopic (exact) mass is 470 g/mol. The highest BCUT2D eigenvalue weighted by molar-refractivity contribution is 5.96. The molecule has 1 saturated carbocycles. The first-order valence-corrected chi connectivity index (χ1v) is 10.9. The third-order valence-corrected chi connectivity index (χ3v) is 6.80. The van der Waals surface area contributed by atoms with E-state index in [4.69, 9.17) is 0 Å². The normalized spacial score (nSPS) is 19.7. The Bertz CT molecular complexity index is 992. The first kappa shape index (κ1) is 23.6. The van der Waals surface area contributed by atoms with E-state index in [0.29, 0.717) is 12.1 Å². The summed E-state index contributed by atoms with van der Waals surface area (Å²) in [5.41, 5.74) is -3.52. The van der Waals surface area contributed by atoms with Crippen molar-refractivity contribution in [1.82, 2.24) is 10.2 Å². The summed E-state index contributed by atoms with van der Waals surface area (Å²) < 4.78 is 80.1. The molecule has 1 unspecified atom stereocenters. The van der Waals surface area contributed by atoms with Crippen LogP contribution in [0.3, 0.4) is 0 Å². The van der Waals surface area contributed by atoms with Crippen molar-refractivity contribution in [2.75, 3.05) is 13.1 Å². The van der Waals surface area contributed by atoms with Gasteiger partial charge in [-0.1, -0.05) is 43.2 Å². The molecule has 1 heterocycles. The van der Waals surface area contributed by atoms with E-state index in [1.165, 1.54) is 0 Å². The predicted octanol–water partition coefficient (Wildman–Crippen LogP) is 6.21. The molecule has 1 atom stereocenters. The van der Waals surface area contributed by atoms with Crippen LogP contribution in [0, 0.1) is 0 Å². The second kappa shape index (κ2) is 8.66. The van der Waals surface area contributed by atoms with Crippen molar-refractivity contribution in [3.63, 3.8) is 0 Å². The highest BCUT2D eigenvalue weighted by atomic mass is 19.4. The van der Waals surface area contributed by atoms with Gasteiger partial charge >= 0.3 is 12.4 Å². The third-order valence-electron chi connectivity index (χ3n) is 6.80. The summed E-state index contributed by atoms with van der Waals surface area (Å²) in [6, 6.07) is 9.61. The highest BCUT2D eigenvalue weighted by Crippen LogP contribution is 2.47. The molecule has 4 rings (SSSR count). The van der Waals surface area contributed by atoms with Crippen molar-refractivity contribution in [3.05, 3.63) is 70.8 Å². The van der Waals surface area contributed by atoms with Gasteiger partial charge in [0.05, 0.1) is 22.7 Å². The Balaban J connectivity index is 1.74. The second-order valence-corrected chi connectivity index (χ2v) is 8.72. The molecule has 2 aromatic rings. The Morgan fingerprint density at radius 2 is 1.52 bits per heavy atom. The molecular weight excluding hydrogens is 446 g/mol. The number of carbonyl (C=O) groups is 1. The molecule has 178 valence electrons. The van der Waals surface area contributed by atoms with Gasteiger partial charge in [0.25, 0.3) is 5.91 Å². The fourth-order valence-corrected chi connectivity index (χ4v) is 5.07. The summed E-state index contributed by atoms with van der Waals surface area (Å²) >= 11 is 0. The van der Waals surface area contributed by atoms with Gasteiger partial charge < -0.3 is 5.32 Å². The molecule has 1 saturated heterocycles. The summed E-state index contributed by atoms with van der Waals surface area (Å²) in [7, 11) is 0. The fraction of sp³-hybridized carbons (Fsp3) is 0.458. The average molecular weight is 470 g/mol. The number of benzene rings is 2. The van der Waals surface area contributed by atoms with Crippen LogP contribution in [0.25, 0.3) is 0 Å². The molecule has 1 amide bonds. The Morgan fingerprint density at radius 1 is 0.879 bits per heavy atom. The van der Waals surface area contributed by atoms with E-state index in [-0.39, 0.29) is 6.07 Å². The maximum absolute atomic E-state index is 13.6. The predicted molar refractivity (Wildman–Crippen MR) is 110 cm³/mol. The number of amides is 1.